The number of hydrogen-bond acceptors (Lipinski definition) is 5. The van der Waals surface area contributed by atoms with Gasteiger partial charge >= 0.3 is 0 Å². The maximum absolute atomic E-state index is 7.18. The van der Waals surface area contributed by atoms with Crippen LogP contribution in [0.2, 0.25) is 36.3 Å². The van der Waals surface area contributed by atoms with Crippen LogP contribution in [0.3, 0.4) is 0 Å². The van der Waals surface area contributed by atoms with Crippen molar-refractivity contribution in [2.75, 3.05) is 6.61 Å². The molecular formula is C39H74O5Si2. The number of benzene rings is 1. The van der Waals surface area contributed by atoms with Crippen molar-refractivity contribution in [1.82, 2.24) is 0 Å². The van der Waals surface area contributed by atoms with Gasteiger partial charge in [-0.15, -0.1) is 0 Å². The molecule has 1 aromatic carbocycles. The fourth-order valence-electron chi connectivity index (χ4n) is 5.79. The monoisotopic (exact) mass is 679 g/mol. The number of ether oxygens (including phenoxy) is 3. The van der Waals surface area contributed by atoms with Crippen molar-refractivity contribution in [3.8, 4) is 0 Å². The fraction of sp³-hybridized carbons (Fsp3) is 0.846. The molecule has 46 heavy (non-hydrogen) atoms. The molecule has 268 valence electrons. The minimum Gasteiger partial charge on any atom is -0.417 e. The van der Waals surface area contributed by atoms with Gasteiger partial charge in [-0.3, -0.25) is 0 Å². The minimum atomic E-state index is -1.99. The van der Waals surface area contributed by atoms with E-state index in [9.17, 15) is 0 Å². The van der Waals surface area contributed by atoms with Crippen molar-refractivity contribution in [3.05, 3.63) is 35.9 Å². The van der Waals surface area contributed by atoms with Gasteiger partial charge in [-0.05, 0) is 100 Å². The van der Waals surface area contributed by atoms with Crippen LogP contribution in [-0.2, 0) is 29.7 Å². The highest BCUT2D eigenvalue weighted by Crippen LogP contribution is 2.40. The Hall–Kier alpha value is -0.546. The van der Waals surface area contributed by atoms with E-state index in [1.165, 1.54) is 24.8 Å². The molecule has 5 atom stereocenters. The van der Waals surface area contributed by atoms with Gasteiger partial charge in [0, 0.05) is 19.1 Å². The Morgan fingerprint density at radius 3 is 2.07 bits per heavy atom. The van der Waals surface area contributed by atoms with Gasteiger partial charge in [0.2, 0.25) is 0 Å². The molecule has 0 radical (unpaired) electrons. The molecule has 1 heterocycles. The van der Waals surface area contributed by atoms with Crippen molar-refractivity contribution in [2.24, 2.45) is 5.92 Å². The molecule has 1 saturated heterocycles. The third-order valence-corrected chi connectivity index (χ3v) is 20.0. The minimum absolute atomic E-state index is 0.0711. The molecule has 0 N–H and O–H groups in total. The second-order valence-corrected chi connectivity index (χ2v) is 27.2. The molecular weight excluding hydrogens is 605 g/mol. The molecule has 0 aliphatic carbocycles. The van der Waals surface area contributed by atoms with Crippen LogP contribution in [0.25, 0.3) is 0 Å². The molecule has 1 aliphatic rings. The second-order valence-electron chi connectivity index (χ2n) is 17.6. The summed E-state index contributed by atoms with van der Waals surface area (Å²) in [5, 5.41) is 0.335. The highest BCUT2D eigenvalue weighted by molar-refractivity contribution is 6.74. The SMILES string of the molecule is CCCC[C@H](C)[C@@H]1C[C@@H](CCC[C@@H](C[C@H](CCO[Si](C)(C)C(C)(C)C)OCc2ccccc2)O[Si](C)(C)C(C)(C)C)OC(C)(C)O1. The second kappa shape index (κ2) is 17.9. The Bertz CT molecular complexity index is 982. The van der Waals surface area contributed by atoms with E-state index in [0.717, 1.165) is 45.1 Å². The van der Waals surface area contributed by atoms with Crippen molar-refractivity contribution < 1.29 is 23.1 Å². The maximum atomic E-state index is 7.18. The average molecular weight is 679 g/mol. The zero-order valence-electron chi connectivity index (χ0n) is 32.6. The molecule has 1 aliphatic heterocycles. The predicted octanol–water partition coefficient (Wildman–Crippen LogP) is 11.7. The summed E-state index contributed by atoms with van der Waals surface area (Å²) < 4.78 is 33.4. The standard InChI is InChI=1S/C39H74O5Si2/c1-15-16-21-31(2)36-29-34(42-39(9,10)43-36)24-20-25-35(44-46(13,14)38(6,7)8)28-33(40-30-32-22-18-17-19-23-32)26-27-41-45(11,12)37(3,4)5/h17-19,22-23,31,33-36H,15-16,20-21,24-30H2,1-14H3/t31-,33-,34+,35-,36-/m0/s1. The van der Waals surface area contributed by atoms with Crippen LogP contribution in [0.5, 0.6) is 0 Å². The summed E-state index contributed by atoms with van der Waals surface area (Å²) in [5.74, 6) is 0.0161. The molecule has 5 nitrogen and oxygen atoms in total. The summed E-state index contributed by atoms with van der Waals surface area (Å²) in [4.78, 5) is 0. The van der Waals surface area contributed by atoms with E-state index in [1.54, 1.807) is 0 Å². The molecule has 0 spiro atoms. The number of hydrogen-bond donors (Lipinski definition) is 0. The van der Waals surface area contributed by atoms with E-state index < -0.39 is 22.4 Å². The van der Waals surface area contributed by atoms with Gasteiger partial charge in [0.05, 0.1) is 24.9 Å². The van der Waals surface area contributed by atoms with Crippen molar-refractivity contribution in [3.63, 3.8) is 0 Å². The summed E-state index contributed by atoms with van der Waals surface area (Å²) in [6.07, 6.45) is 10.3. The van der Waals surface area contributed by atoms with Gasteiger partial charge in [0.15, 0.2) is 22.4 Å². The van der Waals surface area contributed by atoms with Crippen molar-refractivity contribution in [1.29, 1.82) is 0 Å². The predicted molar refractivity (Wildman–Crippen MR) is 200 cm³/mol. The third-order valence-electron chi connectivity index (χ3n) is 10.9. The lowest BCUT2D eigenvalue weighted by Gasteiger charge is -2.43. The van der Waals surface area contributed by atoms with Crippen LogP contribution >= 0.6 is 0 Å². The normalized spacial score (nSPS) is 21.6. The lowest BCUT2D eigenvalue weighted by atomic mass is 9.90. The Morgan fingerprint density at radius 1 is 0.848 bits per heavy atom. The lowest BCUT2D eigenvalue weighted by Crippen LogP contribution is -2.47. The molecule has 0 aromatic heterocycles. The van der Waals surface area contributed by atoms with Gasteiger partial charge in [-0.25, -0.2) is 0 Å². The van der Waals surface area contributed by atoms with Gasteiger partial charge < -0.3 is 23.1 Å². The highest BCUT2D eigenvalue weighted by atomic mass is 28.4. The molecule has 7 heteroatoms. The van der Waals surface area contributed by atoms with Crippen LogP contribution in [0, 0.1) is 5.92 Å². The van der Waals surface area contributed by atoms with Crippen LogP contribution in [0.4, 0.5) is 0 Å². The maximum Gasteiger partial charge on any atom is 0.192 e. The van der Waals surface area contributed by atoms with E-state index in [0.29, 0.717) is 12.5 Å². The van der Waals surface area contributed by atoms with Crippen molar-refractivity contribution in [2.45, 2.75) is 200 Å². The van der Waals surface area contributed by atoms with Crippen molar-refractivity contribution >= 4 is 16.6 Å². The molecule has 1 aromatic rings. The fourth-order valence-corrected chi connectivity index (χ4v) is 8.25. The number of unbranched alkanes of at least 4 members (excludes halogenated alkanes) is 1. The first-order valence-electron chi connectivity index (χ1n) is 18.5. The molecule has 0 bridgehead atoms. The summed E-state index contributed by atoms with van der Waals surface area (Å²) >= 11 is 0. The molecule has 1 fully saturated rings. The smallest absolute Gasteiger partial charge is 0.192 e. The van der Waals surface area contributed by atoms with E-state index in [1.807, 2.05) is 0 Å². The first kappa shape index (κ1) is 41.6. The molecule has 2 rings (SSSR count). The Labute approximate surface area is 287 Å². The van der Waals surface area contributed by atoms with Crippen LogP contribution in [0.1, 0.15) is 133 Å². The molecule has 0 unspecified atom stereocenters. The summed E-state index contributed by atoms with van der Waals surface area (Å²) in [6.45, 7) is 33.5. The quantitative estimate of drug-likeness (QED) is 0.136. The Morgan fingerprint density at radius 2 is 1.48 bits per heavy atom. The molecule has 0 amide bonds. The van der Waals surface area contributed by atoms with Crippen LogP contribution < -0.4 is 0 Å². The Kier molecular flexibility index (Phi) is 16.2. The lowest BCUT2D eigenvalue weighted by molar-refractivity contribution is -0.308. The zero-order valence-corrected chi connectivity index (χ0v) is 34.6. The van der Waals surface area contributed by atoms with E-state index in [-0.39, 0.29) is 34.5 Å². The van der Waals surface area contributed by atoms with E-state index >= 15 is 0 Å². The van der Waals surface area contributed by atoms with Gasteiger partial charge in [-0.1, -0.05) is 98.6 Å². The largest absolute Gasteiger partial charge is 0.417 e. The van der Waals surface area contributed by atoms with Gasteiger partial charge in [-0.2, -0.15) is 0 Å². The zero-order chi connectivity index (χ0) is 34.8. The third kappa shape index (κ3) is 14.1. The van der Waals surface area contributed by atoms with Gasteiger partial charge in [0.1, 0.15) is 0 Å². The highest BCUT2D eigenvalue weighted by Gasteiger charge is 2.41. The van der Waals surface area contributed by atoms with Gasteiger partial charge in [0.25, 0.3) is 0 Å². The summed E-state index contributed by atoms with van der Waals surface area (Å²) in [6, 6.07) is 10.5. The first-order chi connectivity index (χ1) is 21.2. The topological polar surface area (TPSA) is 46.2 Å². The first-order valence-corrected chi connectivity index (χ1v) is 24.3. The van der Waals surface area contributed by atoms with E-state index in [4.69, 9.17) is 23.1 Å². The summed E-state index contributed by atoms with van der Waals surface area (Å²) in [5.41, 5.74) is 1.21. The average Bonchev–Trinajstić information content (AvgIpc) is 2.92. The molecule has 0 saturated carbocycles. The van der Waals surface area contributed by atoms with E-state index in [2.05, 4.69) is 126 Å². The van der Waals surface area contributed by atoms with Crippen LogP contribution in [-0.4, -0.2) is 53.4 Å². The van der Waals surface area contributed by atoms with Crippen LogP contribution in [0.15, 0.2) is 30.3 Å². The Balaban J connectivity index is 2.17. The summed E-state index contributed by atoms with van der Waals surface area (Å²) in [7, 11) is -3.83. The number of rotatable bonds is 19.